The lowest BCUT2D eigenvalue weighted by Crippen LogP contribution is -1.80. The molecule has 0 aromatic rings. The van der Waals surface area contributed by atoms with Gasteiger partial charge in [-0.15, -0.1) is 0 Å². The van der Waals surface area contributed by atoms with Crippen molar-refractivity contribution in [2.45, 2.75) is 64.2 Å². The van der Waals surface area contributed by atoms with E-state index in [1.165, 1.54) is 64.2 Å². The maximum Gasteiger partial charge on any atom is -0.0282 e. The molecule has 0 fully saturated rings. The first-order valence-electron chi connectivity index (χ1n) is 7.01. The van der Waals surface area contributed by atoms with Crippen LogP contribution in [-0.4, -0.2) is 0 Å². The molecule has 0 bridgehead atoms. The molecule has 0 heteroatoms. The fraction of sp³-hybridized carbons (Fsp3) is 0.625. The molecular formula is C16H24. The Morgan fingerprint density at radius 1 is 0.625 bits per heavy atom. The topological polar surface area (TPSA) is 0 Å². The minimum Gasteiger partial charge on any atom is -0.0813 e. The number of rotatable bonds is 2. The van der Waals surface area contributed by atoms with Crippen molar-refractivity contribution in [2.75, 3.05) is 0 Å². The highest BCUT2D eigenvalue weighted by Gasteiger charge is 2.01. The molecule has 2 rings (SSSR count). The van der Waals surface area contributed by atoms with Gasteiger partial charge in [-0.3, -0.25) is 0 Å². The van der Waals surface area contributed by atoms with E-state index in [-0.39, 0.29) is 0 Å². The van der Waals surface area contributed by atoms with E-state index in [4.69, 9.17) is 0 Å². The van der Waals surface area contributed by atoms with Gasteiger partial charge in [-0.1, -0.05) is 48.3 Å². The molecule has 0 saturated carbocycles. The van der Waals surface area contributed by atoms with Gasteiger partial charge in [-0.2, -0.15) is 0 Å². The van der Waals surface area contributed by atoms with Crippen LogP contribution in [0.3, 0.4) is 0 Å². The summed E-state index contributed by atoms with van der Waals surface area (Å²) in [5.74, 6) is 0. The standard InChI is InChI=1S/C16H24/c1-2-6-10-15(9-5-1)13-14-16-11-7-3-4-8-12-16/h9,11,13-14H,1-8,10,12H2. The van der Waals surface area contributed by atoms with Gasteiger partial charge in [0, 0.05) is 0 Å². The van der Waals surface area contributed by atoms with Gasteiger partial charge < -0.3 is 0 Å². The van der Waals surface area contributed by atoms with Crippen molar-refractivity contribution >= 4 is 0 Å². The molecule has 16 heavy (non-hydrogen) atoms. The summed E-state index contributed by atoms with van der Waals surface area (Å²) in [6, 6.07) is 0. The lowest BCUT2D eigenvalue weighted by molar-refractivity contribution is 0.712. The van der Waals surface area contributed by atoms with Crippen molar-refractivity contribution in [1.29, 1.82) is 0 Å². The monoisotopic (exact) mass is 216 g/mol. The third-order valence-corrected chi connectivity index (χ3v) is 3.66. The van der Waals surface area contributed by atoms with Crippen LogP contribution in [-0.2, 0) is 0 Å². The summed E-state index contributed by atoms with van der Waals surface area (Å²) in [6.07, 6.45) is 23.2. The van der Waals surface area contributed by atoms with E-state index in [2.05, 4.69) is 24.3 Å². The molecule has 2 aliphatic rings. The third-order valence-electron chi connectivity index (χ3n) is 3.66. The van der Waals surface area contributed by atoms with Crippen LogP contribution in [0.25, 0.3) is 0 Å². The van der Waals surface area contributed by atoms with Crippen LogP contribution in [0, 0.1) is 0 Å². The van der Waals surface area contributed by atoms with E-state index in [9.17, 15) is 0 Å². The molecule has 0 spiro atoms. The summed E-state index contributed by atoms with van der Waals surface area (Å²) in [5.41, 5.74) is 3.14. The first kappa shape index (κ1) is 11.7. The predicted molar refractivity (Wildman–Crippen MR) is 71.5 cm³/mol. The third kappa shape index (κ3) is 4.00. The van der Waals surface area contributed by atoms with Gasteiger partial charge in [-0.05, 0) is 51.4 Å². The van der Waals surface area contributed by atoms with Gasteiger partial charge >= 0.3 is 0 Å². The van der Waals surface area contributed by atoms with Crippen LogP contribution in [0.4, 0.5) is 0 Å². The molecule has 0 amide bonds. The van der Waals surface area contributed by atoms with Crippen molar-refractivity contribution in [3.63, 3.8) is 0 Å². The smallest absolute Gasteiger partial charge is 0.0282 e. The first-order chi connectivity index (χ1) is 7.95. The Kier molecular flexibility index (Phi) is 4.92. The molecule has 0 aliphatic heterocycles. The van der Waals surface area contributed by atoms with E-state index in [1.54, 1.807) is 11.1 Å². The fourth-order valence-electron chi connectivity index (χ4n) is 2.60. The highest BCUT2D eigenvalue weighted by atomic mass is 14.1. The Morgan fingerprint density at radius 2 is 1.12 bits per heavy atom. The summed E-state index contributed by atoms with van der Waals surface area (Å²) in [4.78, 5) is 0. The average Bonchev–Trinajstić information content (AvgIpc) is 2.71. The molecule has 0 saturated heterocycles. The van der Waals surface area contributed by atoms with E-state index in [1.807, 2.05) is 0 Å². The van der Waals surface area contributed by atoms with Crippen LogP contribution < -0.4 is 0 Å². The maximum atomic E-state index is 2.45. The maximum absolute atomic E-state index is 2.45. The van der Waals surface area contributed by atoms with Gasteiger partial charge in [-0.25, -0.2) is 0 Å². The molecule has 0 radical (unpaired) electrons. The normalized spacial score (nSPS) is 23.5. The minimum absolute atomic E-state index is 1.29. The second-order valence-corrected chi connectivity index (χ2v) is 5.09. The van der Waals surface area contributed by atoms with E-state index < -0.39 is 0 Å². The Morgan fingerprint density at radius 3 is 1.62 bits per heavy atom. The van der Waals surface area contributed by atoms with Crippen molar-refractivity contribution in [2.24, 2.45) is 0 Å². The Hall–Kier alpha value is -0.780. The van der Waals surface area contributed by atoms with Crippen molar-refractivity contribution < 1.29 is 0 Å². The van der Waals surface area contributed by atoms with Gasteiger partial charge in [0.05, 0.1) is 0 Å². The van der Waals surface area contributed by atoms with Crippen LogP contribution in [0.1, 0.15) is 64.2 Å². The SMILES string of the molecule is C(=CC1=CCCCCC1)C1=CCCCCC1. The van der Waals surface area contributed by atoms with E-state index >= 15 is 0 Å². The van der Waals surface area contributed by atoms with Crippen LogP contribution >= 0.6 is 0 Å². The number of hydrogen-bond donors (Lipinski definition) is 0. The molecule has 0 heterocycles. The molecule has 88 valence electrons. The van der Waals surface area contributed by atoms with Gasteiger partial charge in [0.2, 0.25) is 0 Å². The fourth-order valence-corrected chi connectivity index (χ4v) is 2.60. The molecular weight excluding hydrogens is 192 g/mol. The summed E-state index contributed by atoms with van der Waals surface area (Å²) in [7, 11) is 0. The molecule has 2 aliphatic carbocycles. The molecule has 0 aromatic heterocycles. The molecule has 0 N–H and O–H groups in total. The Balaban J connectivity index is 1.91. The largest absolute Gasteiger partial charge is 0.0813 e. The van der Waals surface area contributed by atoms with Crippen LogP contribution in [0.5, 0.6) is 0 Å². The number of hydrogen-bond acceptors (Lipinski definition) is 0. The van der Waals surface area contributed by atoms with Crippen LogP contribution in [0.2, 0.25) is 0 Å². The van der Waals surface area contributed by atoms with Gasteiger partial charge in [0.15, 0.2) is 0 Å². The van der Waals surface area contributed by atoms with Gasteiger partial charge in [0.25, 0.3) is 0 Å². The predicted octanol–water partition coefficient (Wildman–Crippen LogP) is 5.32. The second kappa shape index (κ2) is 6.73. The highest BCUT2D eigenvalue weighted by Crippen LogP contribution is 2.21. The van der Waals surface area contributed by atoms with Crippen LogP contribution in [0.15, 0.2) is 35.5 Å². The Bertz CT molecular complexity index is 261. The van der Waals surface area contributed by atoms with Crippen molar-refractivity contribution in [1.82, 2.24) is 0 Å². The summed E-state index contributed by atoms with van der Waals surface area (Å²) in [6.45, 7) is 0. The quantitative estimate of drug-likeness (QED) is 0.585. The molecule has 0 nitrogen and oxygen atoms in total. The van der Waals surface area contributed by atoms with Gasteiger partial charge in [0.1, 0.15) is 0 Å². The lowest BCUT2D eigenvalue weighted by atomic mass is 10.1. The zero-order valence-corrected chi connectivity index (χ0v) is 10.4. The summed E-state index contributed by atoms with van der Waals surface area (Å²) in [5, 5.41) is 0. The zero-order valence-electron chi connectivity index (χ0n) is 10.4. The Labute approximate surface area is 100 Å². The molecule has 0 unspecified atom stereocenters. The molecule has 0 aromatic carbocycles. The minimum atomic E-state index is 1.29. The van der Waals surface area contributed by atoms with Crippen molar-refractivity contribution in [3.05, 3.63) is 35.5 Å². The van der Waals surface area contributed by atoms with E-state index in [0.717, 1.165) is 0 Å². The number of allylic oxidation sites excluding steroid dienone is 6. The zero-order chi connectivity index (χ0) is 11.1. The second-order valence-electron chi connectivity index (χ2n) is 5.09. The molecule has 0 atom stereocenters. The first-order valence-corrected chi connectivity index (χ1v) is 7.01. The summed E-state index contributed by atoms with van der Waals surface area (Å²) < 4.78 is 0. The lowest BCUT2D eigenvalue weighted by Gasteiger charge is -2.00. The highest BCUT2D eigenvalue weighted by molar-refractivity contribution is 5.28. The van der Waals surface area contributed by atoms with Crippen molar-refractivity contribution in [3.8, 4) is 0 Å². The summed E-state index contributed by atoms with van der Waals surface area (Å²) >= 11 is 0. The van der Waals surface area contributed by atoms with E-state index in [0.29, 0.717) is 0 Å². The average molecular weight is 216 g/mol.